The molecule has 10 heteroatoms. The molecular formula is C21H14ClN3O6. The van der Waals surface area contributed by atoms with Crippen LogP contribution < -0.4 is 4.90 Å². The van der Waals surface area contributed by atoms with E-state index < -0.39 is 28.4 Å². The normalized spacial score (nSPS) is 17.9. The van der Waals surface area contributed by atoms with Crippen molar-refractivity contribution < 1.29 is 24.1 Å². The Balaban J connectivity index is 1.96. The van der Waals surface area contributed by atoms with Crippen molar-refractivity contribution >= 4 is 40.6 Å². The molecular weight excluding hydrogens is 426 g/mol. The molecule has 31 heavy (non-hydrogen) atoms. The van der Waals surface area contributed by atoms with Crippen LogP contribution in [0.3, 0.4) is 0 Å². The zero-order valence-electron chi connectivity index (χ0n) is 16.0. The molecule has 0 bridgehead atoms. The number of aliphatic hydroxyl groups is 1. The fraction of sp³-hybridized carbons (Fsp3) is 0.0952. The van der Waals surface area contributed by atoms with E-state index in [0.29, 0.717) is 10.8 Å². The van der Waals surface area contributed by atoms with Gasteiger partial charge in [-0.3, -0.25) is 24.6 Å². The number of amides is 1. The number of anilines is 1. The quantitative estimate of drug-likeness (QED) is 0.212. The number of rotatable bonds is 4. The van der Waals surface area contributed by atoms with Crippen LogP contribution >= 0.6 is 11.6 Å². The number of hydrogen-bond donors (Lipinski definition) is 1. The number of hydrogen-bond acceptors (Lipinski definition) is 7. The summed E-state index contributed by atoms with van der Waals surface area (Å²) >= 11 is 5.90. The highest BCUT2D eigenvalue weighted by Gasteiger charge is 2.48. The number of nitro groups is 1. The number of Topliss-reactive ketones (excluding diaryl/α,β-unsaturated/α-hetero) is 1. The molecule has 1 amide bonds. The molecule has 0 aliphatic carbocycles. The van der Waals surface area contributed by atoms with E-state index in [4.69, 9.17) is 16.1 Å². The summed E-state index contributed by atoms with van der Waals surface area (Å²) in [6.07, 6.45) is 0. The minimum atomic E-state index is -1.15. The number of benzene rings is 2. The number of aliphatic hydroxyl groups excluding tert-OH is 1. The highest BCUT2D eigenvalue weighted by Crippen LogP contribution is 2.42. The third-order valence-electron chi connectivity index (χ3n) is 4.82. The van der Waals surface area contributed by atoms with Gasteiger partial charge in [0, 0.05) is 28.8 Å². The fourth-order valence-electron chi connectivity index (χ4n) is 3.42. The van der Waals surface area contributed by atoms with E-state index in [0.717, 1.165) is 4.90 Å². The maximum Gasteiger partial charge on any atom is 0.301 e. The molecule has 0 spiro atoms. The molecule has 1 atom stereocenters. The molecule has 9 nitrogen and oxygen atoms in total. The van der Waals surface area contributed by atoms with E-state index in [1.54, 1.807) is 6.92 Å². The van der Waals surface area contributed by atoms with E-state index in [1.165, 1.54) is 54.6 Å². The van der Waals surface area contributed by atoms with Crippen LogP contribution in [-0.2, 0) is 9.59 Å². The van der Waals surface area contributed by atoms with Gasteiger partial charge >= 0.3 is 5.91 Å². The third-order valence-corrected chi connectivity index (χ3v) is 5.07. The summed E-state index contributed by atoms with van der Waals surface area (Å²) in [5, 5.41) is 26.5. The van der Waals surface area contributed by atoms with Crippen LogP contribution in [0.15, 0.2) is 64.7 Å². The maximum absolute atomic E-state index is 13.0. The van der Waals surface area contributed by atoms with Gasteiger partial charge in [-0.15, -0.1) is 0 Å². The van der Waals surface area contributed by atoms with Gasteiger partial charge in [-0.25, -0.2) is 0 Å². The first-order chi connectivity index (χ1) is 14.8. The van der Waals surface area contributed by atoms with Gasteiger partial charge < -0.3 is 9.63 Å². The number of halogens is 1. The average molecular weight is 440 g/mol. The highest BCUT2D eigenvalue weighted by molar-refractivity contribution is 6.51. The SMILES string of the molecule is Cc1cc(N2C(=O)C(=O)/C(=C(/O)c3ccc(Cl)cc3)C2c2cccc([N+](=O)[O-])c2)no1. The Kier molecular flexibility index (Phi) is 5.04. The molecule has 156 valence electrons. The van der Waals surface area contributed by atoms with Crippen molar-refractivity contribution in [2.45, 2.75) is 13.0 Å². The molecule has 1 aromatic heterocycles. The first-order valence-electron chi connectivity index (χ1n) is 9.02. The van der Waals surface area contributed by atoms with E-state index in [9.17, 15) is 24.8 Å². The van der Waals surface area contributed by atoms with E-state index in [1.807, 2.05) is 0 Å². The first-order valence-corrected chi connectivity index (χ1v) is 9.40. The van der Waals surface area contributed by atoms with Crippen molar-refractivity contribution in [1.29, 1.82) is 0 Å². The van der Waals surface area contributed by atoms with Gasteiger partial charge in [0.2, 0.25) is 0 Å². The highest BCUT2D eigenvalue weighted by atomic mass is 35.5. The van der Waals surface area contributed by atoms with Gasteiger partial charge in [0.25, 0.3) is 11.5 Å². The average Bonchev–Trinajstić information content (AvgIpc) is 3.29. The molecule has 4 rings (SSSR count). The Morgan fingerprint density at radius 1 is 1.19 bits per heavy atom. The summed E-state index contributed by atoms with van der Waals surface area (Å²) in [5.41, 5.74) is 0.0538. The van der Waals surface area contributed by atoms with Crippen LogP contribution in [0.5, 0.6) is 0 Å². The van der Waals surface area contributed by atoms with E-state index in [2.05, 4.69) is 5.16 Å². The van der Waals surface area contributed by atoms with E-state index >= 15 is 0 Å². The summed E-state index contributed by atoms with van der Waals surface area (Å²) in [6.45, 7) is 1.61. The summed E-state index contributed by atoms with van der Waals surface area (Å²) in [5.74, 6) is -1.89. The first kappa shape index (κ1) is 20.3. The Bertz CT molecular complexity index is 1250. The van der Waals surface area contributed by atoms with Crippen LogP contribution in [0.25, 0.3) is 5.76 Å². The summed E-state index contributed by atoms with van der Waals surface area (Å²) in [6, 6.07) is 11.8. The van der Waals surface area contributed by atoms with Crippen LogP contribution in [0, 0.1) is 17.0 Å². The Morgan fingerprint density at radius 2 is 1.90 bits per heavy atom. The molecule has 1 aliphatic rings. The largest absolute Gasteiger partial charge is 0.507 e. The Labute approximate surface area is 180 Å². The molecule has 0 radical (unpaired) electrons. The number of nitro benzene ring substituents is 1. The monoisotopic (exact) mass is 439 g/mol. The molecule has 1 unspecified atom stereocenters. The number of aromatic nitrogens is 1. The third kappa shape index (κ3) is 3.55. The predicted octanol–water partition coefficient (Wildman–Crippen LogP) is 4.17. The summed E-state index contributed by atoms with van der Waals surface area (Å²) < 4.78 is 5.04. The Morgan fingerprint density at radius 3 is 2.52 bits per heavy atom. The second-order valence-corrected chi connectivity index (χ2v) is 7.26. The van der Waals surface area contributed by atoms with Gasteiger partial charge in [-0.1, -0.05) is 28.9 Å². The summed E-state index contributed by atoms with van der Waals surface area (Å²) in [4.78, 5) is 37.6. The molecule has 2 heterocycles. The van der Waals surface area contributed by atoms with Gasteiger partial charge in [0.15, 0.2) is 5.82 Å². The second kappa shape index (κ2) is 7.69. The summed E-state index contributed by atoms with van der Waals surface area (Å²) in [7, 11) is 0. The molecule has 1 aliphatic heterocycles. The van der Waals surface area contributed by atoms with Crippen LogP contribution in [0.2, 0.25) is 5.02 Å². The standard InChI is InChI=1S/C21H14ClN3O6/c1-11-9-16(23-31-11)24-18(13-3-2-4-15(10-13)25(29)30)17(20(27)21(24)28)19(26)12-5-7-14(22)8-6-12/h2-10,18,26H,1H3/b19-17+. The van der Waals surface area contributed by atoms with Gasteiger partial charge in [0.1, 0.15) is 11.5 Å². The lowest BCUT2D eigenvalue weighted by molar-refractivity contribution is -0.384. The number of carbonyl (C=O) groups is 2. The molecule has 0 saturated carbocycles. The topological polar surface area (TPSA) is 127 Å². The zero-order valence-corrected chi connectivity index (χ0v) is 16.7. The molecule has 3 aromatic rings. The number of aryl methyl sites for hydroxylation is 1. The predicted molar refractivity (Wildman–Crippen MR) is 111 cm³/mol. The van der Waals surface area contributed by atoms with Crippen molar-refractivity contribution in [2.75, 3.05) is 4.90 Å². The van der Waals surface area contributed by atoms with Crippen molar-refractivity contribution in [3.63, 3.8) is 0 Å². The van der Waals surface area contributed by atoms with Crippen molar-refractivity contribution in [2.24, 2.45) is 0 Å². The molecule has 1 N–H and O–H groups in total. The van der Waals surface area contributed by atoms with E-state index in [-0.39, 0.29) is 28.2 Å². The van der Waals surface area contributed by atoms with Crippen LogP contribution in [0.4, 0.5) is 11.5 Å². The minimum absolute atomic E-state index is 0.0475. The van der Waals surface area contributed by atoms with Gasteiger partial charge in [-0.2, -0.15) is 0 Å². The number of nitrogens with zero attached hydrogens (tertiary/aromatic N) is 3. The van der Waals surface area contributed by atoms with Crippen LogP contribution in [0.1, 0.15) is 22.9 Å². The number of ketones is 1. The second-order valence-electron chi connectivity index (χ2n) is 6.82. The number of non-ortho nitro benzene ring substituents is 1. The van der Waals surface area contributed by atoms with Crippen LogP contribution in [-0.4, -0.2) is 26.9 Å². The van der Waals surface area contributed by atoms with Gasteiger partial charge in [-0.05, 0) is 36.8 Å². The minimum Gasteiger partial charge on any atom is -0.507 e. The molecule has 1 fully saturated rings. The Hall–Kier alpha value is -3.98. The lowest BCUT2D eigenvalue weighted by Gasteiger charge is -2.22. The fourth-order valence-corrected chi connectivity index (χ4v) is 3.55. The smallest absolute Gasteiger partial charge is 0.301 e. The lowest BCUT2D eigenvalue weighted by atomic mass is 9.95. The van der Waals surface area contributed by atoms with Gasteiger partial charge in [0.05, 0.1) is 16.5 Å². The zero-order chi connectivity index (χ0) is 22.3. The molecule has 1 saturated heterocycles. The number of carbonyl (C=O) groups excluding carboxylic acids is 2. The maximum atomic E-state index is 13.0. The van der Waals surface area contributed by atoms with Crippen molar-refractivity contribution in [3.05, 3.63) is 92.2 Å². The van der Waals surface area contributed by atoms with Crippen molar-refractivity contribution in [1.82, 2.24) is 5.16 Å². The lowest BCUT2D eigenvalue weighted by Crippen LogP contribution is -2.29. The molecule has 2 aromatic carbocycles. The van der Waals surface area contributed by atoms with Crippen molar-refractivity contribution in [3.8, 4) is 0 Å².